The molecule has 0 radical (unpaired) electrons. The predicted octanol–water partition coefficient (Wildman–Crippen LogP) is 3.04. The van der Waals surface area contributed by atoms with Crippen LogP contribution in [0.2, 0.25) is 5.02 Å². The van der Waals surface area contributed by atoms with Gasteiger partial charge < -0.3 is 0 Å². The largest absolute Gasteiger partial charge is 0.252 e. The Labute approximate surface area is 88.7 Å². The Kier molecular flexibility index (Phi) is 2.25. The van der Waals surface area contributed by atoms with Gasteiger partial charge in [0.05, 0.1) is 10.6 Å². The van der Waals surface area contributed by atoms with E-state index in [9.17, 15) is 8.78 Å². The summed E-state index contributed by atoms with van der Waals surface area (Å²) < 4.78 is 26.1. The van der Waals surface area contributed by atoms with Gasteiger partial charge in [-0.15, -0.1) is 0 Å². The van der Waals surface area contributed by atoms with Crippen LogP contribution in [0, 0.1) is 23.0 Å². The third-order valence-electron chi connectivity index (χ3n) is 1.94. The number of halogens is 3. The summed E-state index contributed by atoms with van der Waals surface area (Å²) in [5.74, 6) is -1.55. The fourth-order valence-corrected chi connectivity index (χ4v) is 1.51. The SMILES string of the molecule is N#Cc1cnc2c(F)cc(F)cc2c1Cl. The molecule has 0 spiro atoms. The highest BCUT2D eigenvalue weighted by atomic mass is 35.5. The normalized spacial score (nSPS) is 10.3. The smallest absolute Gasteiger partial charge is 0.152 e. The Morgan fingerprint density at radius 1 is 1.33 bits per heavy atom. The molecule has 0 saturated carbocycles. The number of pyridine rings is 1. The summed E-state index contributed by atoms with van der Waals surface area (Å²) in [6, 6.07) is 3.56. The van der Waals surface area contributed by atoms with Crippen LogP contribution in [0.15, 0.2) is 18.3 Å². The fourth-order valence-electron chi connectivity index (χ4n) is 1.27. The van der Waals surface area contributed by atoms with E-state index in [4.69, 9.17) is 16.9 Å². The van der Waals surface area contributed by atoms with Gasteiger partial charge >= 0.3 is 0 Å². The van der Waals surface area contributed by atoms with E-state index in [0.717, 1.165) is 18.3 Å². The first kappa shape index (κ1) is 9.81. The third-order valence-corrected chi connectivity index (χ3v) is 2.35. The van der Waals surface area contributed by atoms with Crippen LogP contribution in [0.3, 0.4) is 0 Å². The van der Waals surface area contributed by atoms with Gasteiger partial charge in [0.2, 0.25) is 0 Å². The van der Waals surface area contributed by atoms with Crippen LogP contribution >= 0.6 is 11.6 Å². The van der Waals surface area contributed by atoms with E-state index < -0.39 is 11.6 Å². The number of rotatable bonds is 0. The molecule has 5 heteroatoms. The van der Waals surface area contributed by atoms with Crippen LogP contribution in [-0.2, 0) is 0 Å². The lowest BCUT2D eigenvalue weighted by Gasteiger charge is -2.02. The maximum atomic E-state index is 13.2. The van der Waals surface area contributed by atoms with Crippen molar-refractivity contribution < 1.29 is 8.78 Å². The molecule has 1 aromatic carbocycles. The van der Waals surface area contributed by atoms with E-state index in [0.29, 0.717) is 0 Å². The number of hydrogen-bond acceptors (Lipinski definition) is 2. The topological polar surface area (TPSA) is 36.7 Å². The van der Waals surface area contributed by atoms with Crippen molar-refractivity contribution in [2.24, 2.45) is 0 Å². The summed E-state index contributed by atoms with van der Waals surface area (Å²) in [5, 5.41) is 8.77. The lowest BCUT2D eigenvalue weighted by molar-refractivity contribution is 0.590. The molecule has 0 saturated heterocycles. The van der Waals surface area contributed by atoms with Gasteiger partial charge in [-0.1, -0.05) is 11.6 Å². The monoisotopic (exact) mass is 224 g/mol. The zero-order valence-corrected chi connectivity index (χ0v) is 8.02. The first-order chi connectivity index (χ1) is 7.13. The average Bonchev–Trinajstić information content (AvgIpc) is 2.19. The van der Waals surface area contributed by atoms with Crippen molar-refractivity contribution in [3.8, 4) is 6.07 Å². The predicted molar refractivity (Wildman–Crippen MR) is 51.4 cm³/mol. The molecule has 1 aromatic heterocycles. The lowest BCUT2D eigenvalue weighted by atomic mass is 10.1. The highest BCUT2D eigenvalue weighted by Gasteiger charge is 2.11. The summed E-state index contributed by atoms with van der Waals surface area (Å²) in [5.41, 5.74) is 0.0505. The number of fused-ring (bicyclic) bond motifs is 1. The van der Waals surface area contributed by atoms with Crippen LogP contribution in [0.5, 0.6) is 0 Å². The van der Waals surface area contributed by atoms with Crippen molar-refractivity contribution >= 4 is 22.5 Å². The highest BCUT2D eigenvalue weighted by Crippen LogP contribution is 2.27. The second-order valence-electron chi connectivity index (χ2n) is 2.88. The summed E-state index contributed by atoms with van der Waals surface area (Å²) in [7, 11) is 0. The number of aromatic nitrogens is 1. The first-order valence-corrected chi connectivity index (χ1v) is 4.34. The van der Waals surface area contributed by atoms with E-state index in [1.807, 2.05) is 0 Å². The molecular weight excluding hydrogens is 222 g/mol. The maximum Gasteiger partial charge on any atom is 0.152 e. The molecule has 2 rings (SSSR count). The highest BCUT2D eigenvalue weighted by molar-refractivity contribution is 6.36. The van der Waals surface area contributed by atoms with Crippen molar-refractivity contribution in [2.75, 3.05) is 0 Å². The molecule has 15 heavy (non-hydrogen) atoms. The minimum atomic E-state index is -0.795. The van der Waals surface area contributed by atoms with Crippen LogP contribution in [0.25, 0.3) is 10.9 Å². The van der Waals surface area contributed by atoms with Gasteiger partial charge in [0.1, 0.15) is 17.4 Å². The first-order valence-electron chi connectivity index (χ1n) is 3.97. The van der Waals surface area contributed by atoms with Gasteiger partial charge in [-0.2, -0.15) is 5.26 Å². The second kappa shape index (κ2) is 3.44. The minimum absolute atomic E-state index is 0.0147. The zero-order valence-electron chi connectivity index (χ0n) is 7.26. The Hall–Kier alpha value is -1.73. The van der Waals surface area contributed by atoms with Gasteiger partial charge in [-0.05, 0) is 6.07 Å². The molecule has 0 aliphatic rings. The molecule has 0 aliphatic carbocycles. The molecule has 1 heterocycles. The maximum absolute atomic E-state index is 13.2. The third kappa shape index (κ3) is 1.51. The number of hydrogen-bond donors (Lipinski definition) is 0. The molecular formula is C10H3ClF2N2. The average molecular weight is 225 g/mol. The quantitative estimate of drug-likeness (QED) is 0.690. The molecule has 0 unspecified atom stereocenters. The Morgan fingerprint density at radius 2 is 2.07 bits per heavy atom. The van der Waals surface area contributed by atoms with Gasteiger partial charge in [0, 0.05) is 17.6 Å². The van der Waals surface area contributed by atoms with Gasteiger partial charge in [0.25, 0.3) is 0 Å². The zero-order chi connectivity index (χ0) is 11.0. The number of nitriles is 1. The minimum Gasteiger partial charge on any atom is -0.252 e. The Balaban J connectivity index is 2.94. The van der Waals surface area contributed by atoms with Crippen LogP contribution in [0.1, 0.15) is 5.56 Å². The van der Waals surface area contributed by atoms with E-state index >= 15 is 0 Å². The molecule has 74 valence electrons. The van der Waals surface area contributed by atoms with Crippen LogP contribution in [0.4, 0.5) is 8.78 Å². The van der Waals surface area contributed by atoms with Crippen molar-refractivity contribution in [1.82, 2.24) is 4.98 Å². The van der Waals surface area contributed by atoms with Crippen LogP contribution in [-0.4, -0.2) is 4.98 Å². The van der Waals surface area contributed by atoms with Gasteiger partial charge in [-0.25, -0.2) is 8.78 Å². The van der Waals surface area contributed by atoms with E-state index in [2.05, 4.69) is 4.98 Å². The molecule has 0 atom stereocenters. The molecule has 2 nitrogen and oxygen atoms in total. The molecule has 0 N–H and O–H groups in total. The number of nitrogens with zero attached hydrogens (tertiary/aromatic N) is 2. The Bertz CT molecular complexity index is 590. The Morgan fingerprint density at radius 3 is 2.73 bits per heavy atom. The molecule has 0 aliphatic heterocycles. The fraction of sp³-hybridized carbons (Fsp3) is 0. The van der Waals surface area contributed by atoms with E-state index in [1.165, 1.54) is 0 Å². The summed E-state index contributed by atoms with van der Waals surface area (Å²) in [6.45, 7) is 0. The second-order valence-corrected chi connectivity index (χ2v) is 3.26. The molecule has 0 fully saturated rings. The summed E-state index contributed by atoms with van der Waals surface area (Å²) in [6.07, 6.45) is 1.16. The van der Waals surface area contributed by atoms with Crippen molar-refractivity contribution in [2.45, 2.75) is 0 Å². The standard InChI is InChI=1S/C10H3ClF2N2/c11-9-5(3-14)4-15-10-7(9)1-6(12)2-8(10)13/h1-2,4H. The summed E-state index contributed by atoms with van der Waals surface area (Å²) in [4.78, 5) is 3.70. The van der Waals surface area contributed by atoms with Crippen molar-refractivity contribution in [3.63, 3.8) is 0 Å². The summed E-state index contributed by atoms with van der Waals surface area (Å²) >= 11 is 5.79. The van der Waals surface area contributed by atoms with E-state index in [-0.39, 0.29) is 21.5 Å². The van der Waals surface area contributed by atoms with Gasteiger partial charge in [-0.3, -0.25) is 4.98 Å². The molecule has 0 amide bonds. The van der Waals surface area contributed by atoms with Crippen LogP contribution < -0.4 is 0 Å². The molecule has 2 aromatic rings. The van der Waals surface area contributed by atoms with Gasteiger partial charge in [0.15, 0.2) is 5.82 Å². The molecule has 0 bridgehead atoms. The lowest BCUT2D eigenvalue weighted by Crippen LogP contribution is -1.90. The van der Waals surface area contributed by atoms with Crippen molar-refractivity contribution in [1.29, 1.82) is 5.26 Å². The van der Waals surface area contributed by atoms with Crippen molar-refractivity contribution in [3.05, 3.63) is 40.6 Å². The number of benzene rings is 1. The van der Waals surface area contributed by atoms with E-state index in [1.54, 1.807) is 6.07 Å².